The van der Waals surface area contributed by atoms with E-state index in [4.69, 9.17) is 0 Å². The Hall–Kier alpha value is -2.14. The highest BCUT2D eigenvalue weighted by Crippen LogP contribution is 2.29. The van der Waals surface area contributed by atoms with Crippen molar-refractivity contribution in [3.05, 3.63) is 53.3 Å². The summed E-state index contributed by atoms with van der Waals surface area (Å²) in [4.78, 5) is 17.5. The van der Waals surface area contributed by atoms with Gasteiger partial charge in [-0.25, -0.2) is 0 Å². The van der Waals surface area contributed by atoms with Crippen LogP contribution in [0.3, 0.4) is 0 Å². The quantitative estimate of drug-likeness (QED) is 0.900. The first-order chi connectivity index (χ1) is 12.7. The monoisotopic (exact) mass is 352 g/mol. The zero-order valence-electron chi connectivity index (χ0n) is 15.5. The molecule has 5 rings (SSSR count). The molecule has 1 N–H and O–H groups in total. The maximum atomic E-state index is 12.9. The number of H-pyrrole nitrogens is 1. The van der Waals surface area contributed by atoms with Crippen molar-refractivity contribution in [2.24, 2.45) is 5.92 Å². The van der Waals surface area contributed by atoms with E-state index in [1.165, 1.54) is 18.4 Å². The maximum Gasteiger partial charge on any atom is 0.274 e. The van der Waals surface area contributed by atoms with E-state index in [0.29, 0.717) is 17.7 Å². The number of amides is 1. The molecule has 5 nitrogen and oxygen atoms in total. The van der Waals surface area contributed by atoms with E-state index in [1.807, 2.05) is 13.0 Å². The van der Waals surface area contributed by atoms with Gasteiger partial charge in [0.05, 0.1) is 0 Å². The minimum Gasteiger partial charge on any atom is -0.333 e. The average Bonchev–Trinajstić information content (AvgIpc) is 2.90. The fourth-order valence-corrected chi connectivity index (χ4v) is 4.44. The third kappa shape index (κ3) is 3.83. The van der Waals surface area contributed by atoms with Crippen LogP contribution in [-0.2, 0) is 6.42 Å². The highest BCUT2D eigenvalue weighted by molar-refractivity contribution is 5.92. The Balaban J connectivity index is 1.36. The summed E-state index contributed by atoms with van der Waals surface area (Å²) in [6.07, 6.45) is 4.66. The Morgan fingerprint density at radius 1 is 1.19 bits per heavy atom. The average molecular weight is 352 g/mol. The van der Waals surface area contributed by atoms with Gasteiger partial charge in [0, 0.05) is 31.4 Å². The van der Waals surface area contributed by atoms with E-state index >= 15 is 0 Å². The SMILES string of the molecule is Cc1cc(C(=O)N2C[C@H]3CC[C@@H]2CN(CCCc2ccccc2)C3)n[nH]1. The highest BCUT2D eigenvalue weighted by Gasteiger charge is 2.37. The second kappa shape index (κ2) is 7.62. The van der Waals surface area contributed by atoms with Crippen molar-refractivity contribution in [2.45, 2.75) is 38.6 Å². The van der Waals surface area contributed by atoms with Crippen LogP contribution in [0.2, 0.25) is 0 Å². The first kappa shape index (κ1) is 17.3. The zero-order valence-corrected chi connectivity index (χ0v) is 15.5. The summed E-state index contributed by atoms with van der Waals surface area (Å²) in [5.41, 5.74) is 2.91. The molecule has 4 heterocycles. The molecule has 1 aromatic heterocycles. The number of fused-ring (bicyclic) bond motifs is 4. The first-order valence-corrected chi connectivity index (χ1v) is 9.78. The van der Waals surface area contributed by atoms with Gasteiger partial charge < -0.3 is 9.80 Å². The molecule has 0 unspecified atom stereocenters. The van der Waals surface area contributed by atoms with Crippen LogP contribution in [0.1, 0.15) is 41.0 Å². The number of rotatable bonds is 5. The minimum atomic E-state index is 0.0928. The van der Waals surface area contributed by atoms with Crippen molar-refractivity contribution >= 4 is 5.91 Å². The number of aromatic nitrogens is 2. The lowest BCUT2D eigenvalue weighted by atomic mass is 9.94. The highest BCUT2D eigenvalue weighted by atomic mass is 16.2. The molecule has 1 aromatic carbocycles. The smallest absolute Gasteiger partial charge is 0.274 e. The van der Waals surface area contributed by atoms with E-state index < -0.39 is 0 Å². The Morgan fingerprint density at radius 2 is 2.04 bits per heavy atom. The predicted octanol–water partition coefficient (Wildman–Crippen LogP) is 2.89. The molecule has 3 aliphatic heterocycles. The number of hydrogen-bond acceptors (Lipinski definition) is 3. The molecular formula is C21H28N4O. The summed E-state index contributed by atoms with van der Waals surface area (Å²) >= 11 is 0. The zero-order chi connectivity index (χ0) is 17.9. The van der Waals surface area contributed by atoms with Crippen molar-refractivity contribution in [1.82, 2.24) is 20.0 Å². The molecule has 0 radical (unpaired) electrons. The van der Waals surface area contributed by atoms with Gasteiger partial charge in [-0.05, 0) is 56.7 Å². The second-order valence-corrected chi connectivity index (χ2v) is 7.84. The van der Waals surface area contributed by atoms with Crippen LogP contribution < -0.4 is 0 Å². The minimum absolute atomic E-state index is 0.0928. The molecule has 3 saturated heterocycles. The molecule has 3 aliphatic rings. The third-order valence-electron chi connectivity index (χ3n) is 5.76. The van der Waals surface area contributed by atoms with Crippen LogP contribution in [0.5, 0.6) is 0 Å². The van der Waals surface area contributed by atoms with Gasteiger partial charge in [-0.2, -0.15) is 5.10 Å². The Kier molecular flexibility index (Phi) is 5.07. The molecule has 1 amide bonds. The molecule has 138 valence electrons. The van der Waals surface area contributed by atoms with Crippen LogP contribution in [-0.4, -0.2) is 58.1 Å². The molecule has 2 atom stereocenters. The van der Waals surface area contributed by atoms with Crippen molar-refractivity contribution in [3.8, 4) is 0 Å². The topological polar surface area (TPSA) is 52.2 Å². The van der Waals surface area contributed by atoms with E-state index in [-0.39, 0.29) is 5.91 Å². The van der Waals surface area contributed by atoms with Gasteiger partial charge in [-0.3, -0.25) is 9.89 Å². The van der Waals surface area contributed by atoms with Crippen LogP contribution >= 0.6 is 0 Å². The van der Waals surface area contributed by atoms with Gasteiger partial charge in [-0.15, -0.1) is 0 Å². The van der Waals surface area contributed by atoms with Gasteiger partial charge in [0.25, 0.3) is 5.91 Å². The molecule has 26 heavy (non-hydrogen) atoms. The van der Waals surface area contributed by atoms with Crippen LogP contribution in [0.15, 0.2) is 36.4 Å². The number of benzene rings is 1. The summed E-state index contributed by atoms with van der Waals surface area (Å²) in [6, 6.07) is 12.9. The van der Waals surface area contributed by atoms with E-state index in [9.17, 15) is 4.79 Å². The van der Waals surface area contributed by atoms with Crippen molar-refractivity contribution in [1.29, 1.82) is 0 Å². The van der Waals surface area contributed by atoms with Gasteiger partial charge in [0.15, 0.2) is 0 Å². The summed E-state index contributed by atoms with van der Waals surface area (Å²) in [5.74, 6) is 0.685. The van der Waals surface area contributed by atoms with Crippen LogP contribution in [0, 0.1) is 12.8 Å². The lowest BCUT2D eigenvalue weighted by Crippen LogP contribution is -2.47. The molecule has 0 spiro atoms. The summed E-state index contributed by atoms with van der Waals surface area (Å²) in [5, 5.41) is 7.07. The molecular weight excluding hydrogens is 324 g/mol. The normalized spacial score (nSPS) is 23.2. The Bertz CT molecular complexity index is 741. The number of carbonyl (C=O) groups is 1. The fraction of sp³-hybridized carbons (Fsp3) is 0.524. The number of nitrogens with zero attached hydrogens (tertiary/aromatic N) is 3. The third-order valence-corrected chi connectivity index (χ3v) is 5.76. The number of piperidine rings is 1. The standard InChI is InChI=1S/C21H28N4O/c1-16-12-20(23-22-16)21(26)25-14-18-9-10-19(25)15-24(13-18)11-5-8-17-6-3-2-4-7-17/h2-4,6-7,12,18-19H,5,8-11,13-15H2,1H3,(H,22,23)/t18-,19+/m0/s1. The van der Waals surface area contributed by atoms with Crippen molar-refractivity contribution in [3.63, 3.8) is 0 Å². The van der Waals surface area contributed by atoms with E-state index in [0.717, 1.165) is 44.7 Å². The largest absolute Gasteiger partial charge is 0.333 e. The van der Waals surface area contributed by atoms with Gasteiger partial charge in [-0.1, -0.05) is 30.3 Å². The second-order valence-electron chi connectivity index (χ2n) is 7.84. The molecule has 3 fully saturated rings. The van der Waals surface area contributed by atoms with Crippen LogP contribution in [0.25, 0.3) is 0 Å². The summed E-state index contributed by atoms with van der Waals surface area (Å²) in [6.45, 7) is 6.05. The maximum absolute atomic E-state index is 12.9. The Labute approximate surface area is 155 Å². The molecule has 2 aromatic rings. The number of hydrogen-bond donors (Lipinski definition) is 1. The molecule has 0 saturated carbocycles. The lowest BCUT2D eigenvalue weighted by molar-refractivity contribution is 0.0579. The summed E-state index contributed by atoms with van der Waals surface area (Å²) < 4.78 is 0. The van der Waals surface area contributed by atoms with Gasteiger partial charge in [0.1, 0.15) is 5.69 Å². The van der Waals surface area contributed by atoms with E-state index in [2.05, 4.69) is 50.3 Å². The Morgan fingerprint density at radius 3 is 2.81 bits per heavy atom. The van der Waals surface area contributed by atoms with Gasteiger partial charge >= 0.3 is 0 Å². The number of aromatic amines is 1. The van der Waals surface area contributed by atoms with Crippen molar-refractivity contribution in [2.75, 3.05) is 26.2 Å². The predicted molar refractivity (Wildman–Crippen MR) is 102 cm³/mol. The number of nitrogens with one attached hydrogen (secondary N) is 1. The molecule has 2 bridgehead atoms. The van der Waals surface area contributed by atoms with Gasteiger partial charge in [0.2, 0.25) is 0 Å². The fourth-order valence-electron chi connectivity index (χ4n) is 4.44. The number of aryl methyl sites for hydroxylation is 2. The van der Waals surface area contributed by atoms with Crippen LogP contribution in [0.4, 0.5) is 0 Å². The van der Waals surface area contributed by atoms with Crippen molar-refractivity contribution < 1.29 is 4.79 Å². The number of carbonyl (C=O) groups excluding carboxylic acids is 1. The first-order valence-electron chi connectivity index (χ1n) is 9.78. The molecule has 0 aliphatic carbocycles. The summed E-state index contributed by atoms with van der Waals surface area (Å²) in [7, 11) is 0. The molecule has 5 heteroatoms. The van der Waals surface area contributed by atoms with E-state index in [1.54, 1.807) is 0 Å². The lowest BCUT2D eigenvalue weighted by Gasteiger charge is -2.35.